The van der Waals surface area contributed by atoms with Gasteiger partial charge in [-0.2, -0.15) is 4.98 Å². The van der Waals surface area contributed by atoms with E-state index in [0.29, 0.717) is 21.3 Å². The topological polar surface area (TPSA) is 47.0 Å². The SMILES string of the molecule is COc1nc(Nc2cc(I)ccc2Cl)ncc1Br. The van der Waals surface area contributed by atoms with Crippen LogP contribution in [0.2, 0.25) is 5.02 Å². The average molecular weight is 440 g/mol. The number of aromatic nitrogens is 2. The number of hydrogen-bond acceptors (Lipinski definition) is 4. The summed E-state index contributed by atoms with van der Waals surface area (Å²) in [4.78, 5) is 8.35. The number of rotatable bonds is 3. The molecule has 1 heterocycles. The van der Waals surface area contributed by atoms with Crippen LogP contribution in [0.5, 0.6) is 5.88 Å². The third-order valence-corrected chi connectivity index (χ3v) is 3.62. The molecule has 0 saturated heterocycles. The minimum absolute atomic E-state index is 0.430. The van der Waals surface area contributed by atoms with Crippen LogP contribution < -0.4 is 10.1 Å². The summed E-state index contributed by atoms with van der Waals surface area (Å²) >= 11 is 11.6. The molecule has 1 aromatic heterocycles. The second kappa shape index (κ2) is 6.03. The van der Waals surface area contributed by atoms with E-state index >= 15 is 0 Å². The van der Waals surface area contributed by atoms with Crippen LogP contribution >= 0.6 is 50.1 Å². The molecule has 0 amide bonds. The predicted octanol–water partition coefficient (Wildman–Crippen LogP) is 4.25. The maximum atomic E-state index is 6.09. The maximum absolute atomic E-state index is 6.09. The zero-order valence-corrected chi connectivity index (χ0v) is 13.7. The summed E-state index contributed by atoms with van der Waals surface area (Å²) in [6.45, 7) is 0. The van der Waals surface area contributed by atoms with E-state index in [0.717, 1.165) is 9.26 Å². The number of anilines is 2. The van der Waals surface area contributed by atoms with Crippen molar-refractivity contribution in [1.29, 1.82) is 0 Å². The normalized spacial score (nSPS) is 10.2. The van der Waals surface area contributed by atoms with E-state index in [4.69, 9.17) is 16.3 Å². The second-order valence-electron chi connectivity index (χ2n) is 3.30. The highest BCUT2D eigenvalue weighted by molar-refractivity contribution is 14.1. The third-order valence-electron chi connectivity index (χ3n) is 2.08. The highest BCUT2D eigenvalue weighted by Gasteiger charge is 2.07. The number of hydrogen-bond donors (Lipinski definition) is 1. The molecule has 18 heavy (non-hydrogen) atoms. The lowest BCUT2D eigenvalue weighted by molar-refractivity contribution is 0.394. The summed E-state index contributed by atoms with van der Waals surface area (Å²) < 4.78 is 6.88. The van der Waals surface area contributed by atoms with Crippen molar-refractivity contribution < 1.29 is 4.74 Å². The standard InChI is InChI=1S/C11H8BrClIN3O/c1-18-10-7(12)5-15-11(17-10)16-9-4-6(14)2-3-8(9)13/h2-5H,1H3,(H,15,16,17). The van der Waals surface area contributed by atoms with Crippen molar-refractivity contribution in [1.82, 2.24) is 9.97 Å². The van der Waals surface area contributed by atoms with Gasteiger partial charge in [0.2, 0.25) is 11.8 Å². The Balaban J connectivity index is 2.31. The molecule has 0 fully saturated rings. The number of halogens is 3. The van der Waals surface area contributed by atoms with Gasteiger partial charge >= 0.3 is 0 Å². The largest absolute Gasteiger partial charge is 0.480 e. The summed E-state index contributed by atoms with van der Waals surface area (Å²) in [6.07, 6.45) is 1.62. The van der Waals surface area contributed by atoms with Gasteiger partial charge < -0.3 is 10.1 Å². The van der Waals surface area contributed by atoms with E-state index in [1.165, 1.54) is 0 Å². The van der Waals surface area contributed by atoms with E-state index in [9.17, 15) is 0 Å². The molecule has 2 rings (SSSR count). The summed E-state index contributed by atoms with van der Waals surface area (Å²) in [7, 11) is 1.55. The van der Waals surface area contributed by atoms with Crippen molar-refractivity contribution in [3.63, 3.8) is 0 Å². The Bertz CT molecular complexity index is 582. The fourth-order valence-electron chi connectivity index (χ4n) is 1.27. The lowest BCUT2D eigenvalue weighted by Crippen LogP contribution is -2.00. The van der Waals surface area contributed by atoms with Crippen LogP contribution in [0.1, 0.15) is 0 Å². The highest BCUT2D eigenvalue weighted by atomic mass is 127. The van der Waals surface area contributed by atoms with Gasteiger partial charge in [-0.05, 0) is 56.7 Å². The van der Waals surface area contributed by atoms with Crippen molar-refractivity contribution in [2.75, 3.05) is 12.4 Å². The molecule has 94 valence electrons. The van der Waals surface area contributed by atoms with Crippen LogP contribution in [0.3, 0.4) is 0 Å². The molecule has 0 aliphatic heterocycles. The van der Waals surface area contributed by atoms with Crippen molar-refractivity contribution in [2.24, 2.45) is 0 Å². The van der Waals surface area contributed by atoms with Crippen LogP contribution in [0, 0.1) is 3.57 Å². The van der Waals surface area contributed by atoms with E-state index in [1.54, 1.807) is 13.3 Å². The van der Waals surface area contributed by atoms with Crippen molar-refractivity contribution in [2.45, 2.75) is 0 Å². The monoisotopic (exact) mass is 439 g/mol. The smallest absolute Gasteiger partial charge is 0.232 e. The Kier molecular flexibility index (Phi) is 4.63. The van der Waals surface area contributed by atoms with E-state index in [2.05, 4.69) is 53.8 Å². The first-order valence-electron chi connectivity index (χ1n) is 4.89. The summed E-state index contributed by atoms with van der Waals surface area (Å²) in [6, 6.07) is 5.67. The maximum Gasteiger partial charge on any atom is 0.232 e. The summed E-state index contributed by atoms with van der Waals surface area (Å²) in [5, 5.41) is 3.67. The van der Waals surface area contributed by atoms with Crippen molar-refractivity contribution in [3.05, 3.63) is 37.5 Å². The molecule has 0 aliphatic carbocycles. The first-order valence-corrected chi connectivity index (χ1v) is 7.13. The molecule has 0 unspecified atom stereocenters. The minimum Gasteiger partial charge on any atom is -0.480 e. The number of methoxy groups -OCH3 is 1. The molecule has 1 N–H and O–H groups in total. The van der Waals surface area contributed by atoms with Gasteiger partial charge in [-0.3, -0.25) is 0 Å². The molecule has 1 aromatic carbocycles. The minimum atomic E-state index is 0.430. The molecule has 0 radical (unpaired) electrons. The highest BCUT2D eigenvalue weighted by Crippen LogP contribution is 2.28. The van der Waals surface area contributed by atoms with Crippen LogP contribution in [-0.2, 0) is 0 Å². The number of ether oxygens (including phenoxy) is 1. The Hall–Kier alpha value is -0.600. The van der Waals surface area contributed by atoms with Crippen LogP contribution in [0.15, 0.2) is 28.9 Å². The van der Waals surface area contributed by atoms with Gasteiger partial charge in [-0.15, -0.1) is 0 Å². The van der Waals surface area contributed by atoms with Gasteiger partial charge in [0.1, 0.15) is 0 Å². The Morgan fingerprint density at radius 1 is 1.44 bits per heavy atom. The van der Waals surface area contributed by atoms with Crippen LogP contribution in [0.4, 0.5) is 11.6 Å². The Morgan fingerprint density at radius 2 is 2.22 bits per heavy atom. The van der Waals surface area contributed by atoms with Crippen LogP contribution in [-0.4, -0.2) is 17.1 Å². The molecule has 0 aliphatic rings. The molecular weight excluding hydrogens is 432 g/mol. The Labute approximate surface area is 131 Å². The van der Waals surface area contributed by atoms with Gasteiger partial charge in [0, 0.05) is 3.57 Å². The predicted molar refractivity (Wildman–Crippen MR) is 83.7 cm³/mol. The molecule has 0 bridgehead atoms. The fraction of sp³-hybridized carbons (Fsp3) is 0.0909. The van der Waals surface area contributed by atoms with Gasteiger partial charge in [-0.1, -0.05) is 11.6 Å². The molecule has 2 aromatic rings. The zero-order valence-electron chi connectivity index (χ0n) is 9.25. The van der Waals surface area contributed by atoms with Crippen molar-refractivity contribution in [3.8, 4) is 5.88 Å². The summed E-state index contributed by atoms with van der Waals surface area (Å²) in [5.41, 5.74) is 0.757. The lowest BCUT2D eigenvalue weighted by Gasteiger charge is -2.09. The summed E-state index contributed by atoms with van der Waals surface area (Å²) in [5.74, 6) is 0.896. The van der Waals surface area contributed by atoms with Gasteiger partial charge in [-0.25, -0.2) is 4.98 Å². The Morgan fingerprint density at radius 3 is 2.94 bits per heavy atom. The average Bonchev–Trinajstić information content (AvgIpc) is 2.36. The van der Waals surface area contributed by atoms with E-state index < -0.39 is 0 Å². The zero-order chi connectivity index (χ0) is 13.1. The number of nitrogens with zero attached hydrogens (tertiary/aromatic N) is 2. The van der Waals surface area contributed by atoms with Gasteiger partial charge in [0.05, 0.1) is 28.5 Å². The second-order valence-corrected chi connectivity index (χ2v) is 5.81. The molecule has 0 atom stereocenters. The van der Waals surface area contributed by atoms with Crippen molar-refractivity contribution >= 4 is 61.8 Å². The molecule has 0 saturated carbocycles. The lowest BCUT2D eigenvalue weighted by atomic mass is 10.3. The van der Waals surface area contributed by atoms with Gasteiger partial charge in [0.25, 0.3) is 0 Å². The first-order chi connectivity index (χ1) is 8.60. The molecule has 0 spiro atoms. The third kappa shape index (κ3) is 3.24. The van der Waals surface area contributed by atoms with E-state index in [1.807, 2.05) is 18.2 Å². The van der Waals surface area contributed by atoms with Crippen LogP contribution in [0.25, 0.3) is 0 Å². The molecular formula is C11H8BrClIN3O. The fourth-order valence-corrected chi connectivity index (χ4v) is 2.28. The first kappa shape index (κ1) is 13.8. The quantitative estimate of drug-likeness (QED) is 0.725. The van der Waals surface area contributed by atoms with E-state index in [-0.39, 0.29) is 0 Å². The van der Waals surface area contributed by atoms with Gasteiger partial charge in [0.15, 0.2) is 0 Å². The molecule has 4 nitrogen and oxygen atoms in total. The number of benzene rings is 1. The number of nitrogens with one attached hydrogen (secondary N) is 1. The molecule has 7 heteroatoms.